The molecule has 0 spiro atoms. The molecule has 0 radical (unpaired) electrons. The lowest BCUT2D eigenvalue weighted by molar-refractivity contribution is 0.0526. The number of anilines is 1. The van der Waals surface area contributed by atoms with Crippen LogP contribution in [0.15, 0.2) is 18.3 Å². The Morgan fingerprint density at radius 2 is 2.24 bits per heavy atom. The van der Waals surface area contributed by atoms with Gasteiger partial charge in [0.15, 0.2) is 0 Å². The molecule has 0 bridgehead atoms. The lowest BCUT2D eigenvalue weighted by Gasteiger charge is -2.27. The second-order valence-electron chi connectivity index (χ2n) is 5.15. The van der Waals surface area contributed by atoms with Crippen molar-refractivity contribution >= 4 is 29.0 Å². The number of carbonyl (C=O) groups is 1. The first-order chi connectivity index (χ1) is 9.95. The molecule has 21 heavy (non-hydrogen) atoms. The topological polar surface area (TPSA) is 68.5 Å². The Morgan fingerprint density at radius 3 is 2.81 bits per heavy atom. The average Bonchev–Trinajstić information content (AvgIpc) is 2.43. The molecular weight excluding hydrogens is 286 g/mol. The average molecular weight is 309 g/mol. The van der Waals surface area contributed by atoms with Crippen LogP contribution in [0.4, 0.5) is 5.82 Å². The summed E-state index contributed by atoms with van der Waals surface area (Å²) in [6, 6.07) is 3.46. The summed E-state index contributed by atoms with van der Waals surface area (Å²) >= 11 is 4.94. The van der Waals surface area contributed by atoms with Gasteiger partial charge in [-0.1, -0.05) is 26.1 Å². The highest BCUT2D eigenvalue weighted by Crippen LogP contribution is 2.20. The molecule has 0 aliphatic heterocycles. The maximum Gasteiger partial charge on any atom is 0.341 e. The van der Waals surface area contributed by atoms with Crippen molar-refractivity contribution in [2.45, 2.75) is 27.2 Å². The molecule has 0 aliphatic rings. The number of ether oxygens (including phenoxy) is 1. The highest BCUT2D eigenvalue weighted by Gasteiger charge is 2.19. The molecule has 1 rings (SSSR count). The van der Waals surface area contributed by atoms with E-state index in [1.54, 1.807) is 25.3 Å². The second kappa shape index (κ2) is 8.56. The number of carbonyl (C=O) groups excluding carboxylic acids is 1. The normalized spacial score (nSPS) is 10.5. The van der Waals surface area contributed by atoms with E-state index in [9.17, 15) is 4.79 Å². The van der Waals surface area contributed by atoms with Gasteiger partial charge in [0.25, 0.3) is 0 Å². The minimum Gasteiger partial charge on any atom is -0.462 e. The molecule has 6 heteroatoms. The summed E-state index contributed by atoms with van der Waals surface area (Å²) in [6.45, 7) is 7.75. The zero-order valence-corrected chi connectivity index (χ0v) is 13.7. The van der Waals surface area contributed by atoms with Crippen LogP contribution < -0.4 is 10.6 Å². The van der Waals surface area contributed by atoms with E-state index in [4.69, 9.17) is 22.7 Å². The van der Waals surface area contributed by atoms with Crippen molar-refractivity contribution in [1.82, 2.24) is 4.98 Å². The fourth-order valence-electron chi connectivity index (χ4n) is 1.99. The standard InChI is InChI=1S/C15H23N3O2S/c1-4-20-15(19)12-6-5-8-17-14(12)18(10-11(2)3)9-7-13(16)21/h5-6,8,11H,4,7,9-10H2,1-3H3,(H2,16,21). The number of pyridine rings is 1. The summed E-state index contributed by atoms with van der Waals surface area (Å²) < 4.78 is 5.09. The Kier molecular flexibility index (Phi) is 7.08. The third kappa shape index (κ3) is 5.67. The molecule has 1 aromatic rings. The first kappa shape index (κ1) is 17.4. The lowest BCUT2D eigenvalue weighted by atomic mass is 10.1. The summed E-state index contributed by atoms with van der Waals surface area (Å²) in [5, 5.41) is 0. The summed E-state index contributed by atoms with van der Waals surface area (Å²) in [5.74, 6) is 0.693. The molecule has 0 aromatic carbocycles. The van der Waals surface area contributed by atoms with Crippen LogP contribution >= 0.6 is 12.2 Å². The van der Waals surface area contributed by atoms with Gasteiger partial charge in [0.1, 0.15) is 11.4 Å². The van der Waals surface area contributed by atoms with Gasteiger partial charge in [0.05, 0.1) is 11.6 Å². The number of hydrogen-bond donors (Lipinski definition) is 1. The third-order valence-electron chi connectivity index (χ3n) is 2.80. The zero-order valence-electron chi connectivity index (χ0n) is 12.8. The largest absolute Gasteiger partial charge is 0.462 e. The third-order valence-corrected chi connectivity index (χ3v) is 3.00. The molecule has 0 atom stereocenters. The monoisotopic (exact) mass is 309 g/mol. The van der Waals surface area contributed by atoms with Crippen LogP contribution in [0.2, 0.25) is 0 Å². The van der Waals surface area contributed by atoms with E-state index in [2.05, 4.69) is 18.8 Å². The van der Waals surface area contributed by atoms with Crippen molar-refractivity contribution in [1.29, 1.82) is 0 Å². The van der Waals surface area contributed by atoms with Gasteiger partial charge in [0.2, 0.25) is 0 Å². The molecule has 0 amide bonds. The van der Waals surface area contributed by atoms with Gasteiger partial charge < -0.3 is 15.4 Å². The Hall–Kier alpha value is -1.69. The molecule has 0 fully saturated rings. The molecule has 5 nitrogen and oxygen atoms in total. The van der Waals surface area contributed by atoms with Gasteiger partial charge in [-0.25, -0.2) is 9.78 Å². The molecule has 0 unspecified atom stereocenters. The maximum atomic E-state index is 12.1. The lowest BCUT2D eigenvalue weighted by Crippen LogP contribution is -2.33. The van der Waals surface area contributed by atoms with Crippen LogP contribution in [-0.2, 0) is 4.74 Å². The first-order valence-electron chi connectivity index (χ1n) is 7.11. The maximum absolute atomic E-state index is 12.1. The molecule has 0 aliphatic carbocycles. The van der Waals surface area contributed by atoms with Crippen LogP contribution in [0.5, 0.6) is 0 Å². The number of nitrogens with two attached hydrogens (primary N) is 1. The van der Waals surface area contributed by atoms with Crippen LogP contribution in [0.1, 0.15) is 37.6 Å². The predicted octanol–water partition coefficient (Wildman–Crippen LogP) is 2.40. The summed E-state index contributed by atoms with van der Waals surface area (Å²) in [6.07, 6.45) is 2.26. The molecule has 0 saturated heterocycles. The first-order valence-corrected chi connectivity index (χ1v) is 7.51. The zero-order chi connectivity index (χ0) is 15.8. The van der Waals surface area contributed by atoms with Crippen LogP contribution in [0.25, 0.3) is 0 Å². The Bertz CT molecular complexity index is 492. The van der Waals surface area contributed by atoms with Crippen LogP contribution in [-0.4, -0.2) is 35.6 Å². The number of esters is 1. The number of rotatable bonds is 8. The second-order valence-corrected chi connectivity index (χ2v) is 5.68. The van der Waals surface area contributed by atoms with E-state index in [-0.39, 0.29) is 5.97 Å². The Labute approximate surface area is 131 Å². The fourth-order valence-corrected chi connectivity index (χ4v) is 2.08. The van der Waals surface area contributed by atoms with Crippen molar-refractivity contribution < 1.29 is 9.53 Å². The van der Waals surface area contributed by atoms with E-state index in [0.29, 0.717) is 41.9 Å². The van der Waals surface area contributed by atoms with Crippen molar-refractivity contribution in [3.05, 3.63) is 23.9 Å². The quantitative estimate of drug-likeness (QED) is 0.587. The van der Waals surface area contributed by atoms with Crippen LogP contribution in [0.3, 0.4) is 0 Å². The number of nitrogens with zero attached hydrogens (tertiary/aromatic N) is 2. The van der Waals surface area contributed by atoms with Crippen molar-refractivity contribution in [2.75, 3.05) is 24.6 Å². The summed E-state index contributed by atoms with van der Waals surface area (Å²) in [4.78, 5) is 18.9. The molecule has 1 aromatic heterocycles. The minimum absolute atomic E-state index is 0.338. The molecule has 1 heterocycles. The van der Waals surface area contributed by atoms with E-state index in [1.807, 2.05) is 4.90 Å². The summed E-state index contributed by atoms with van der Waals surface area (Å²) in [5.41, 5.74) is 6.06. The predicted molar refractivity (Wildman–Crippen MR) is 88.6 cm³/mol. The van der Waals surface area contributed by atoms with Gasteiger partial charge in [-0.3, -0.25) is 0 Å². The highest BCUT2D eigenvalue weighted by atomic mass is 32.1. The van der Waals surface area contributed by atoms with Gasteiger partial charge in [0, 0.05) is 25.7 Å². The van der Waals surface area contributed by atoms with E-state index < -0.39 is 0 Å². The highest BCUT2D eigenvalue weighted by molar-refractivity contribution is 7.80. The number of hydrogen-bond acceptors (Lipinski definition) is 5. The smallest absolute Gasteiger partial charge is 0.341 e. The molecule has 116 valence electrons. The number of aromatic nitrogens is 1. The van der Waals surface area contributed by atoms with E-state index in [1.165, 1.54) is 0 Å². The summed E-state index contributed by atoms with van der Waals surface area (Å²) in [7, 11) is 0. The van der Waals surface area contributed by atoms with Gasteiger partial charge in [-0.2, -0.15) is 0 Å². The molecular formula is C15H23N3O2S. The van der Waals surface area contributed by atoms with Crippen molar-refractivity contribution in [2.24, 2.45) is 11.7 Å². The fraction of sp³-hybridized carbons (Fsp3) is 0.533. The van der Waals surface area contributed by atoms with Gasteiger partial charge >= 0.3 is 5.97 Å². The number of thiocarbonyl (C=S) groups is 1. The Balaban J connectivity index is 3.05. The molecule has 0 saturated carbocycles. The molecule has 2 N–H and O–H groups in total. The minimum atomic E-state index is -0.357. The van der Waals surface area contributed by atoms with Crippen LogP contribution in [0, 0.1) is 5.92 Å². The van der Waals surface area contributed by atoms with Crippen molar-refractivity contribution in [3.63, 3.8) is 0 Å². The van der Waals surface area contributed by atoms with Crippen molar-refractivity contribution in [3.8, 4) is 0 Å². The van der Waals surface area contributed by atoms with Gasteiger partial charge in [-0.15, -0.1) is 0 Å². The van der Waals surface area contributed by atoms with E-state index in [0.717, 1.165) is 6.54 Å². The van der Waals surface area contributed by atoms with E-state index >= 15 is 0 Å². The Morgan fingerprint density at radius 1 is 1.52 bits per heavy atom. The van der Waals surface area contributed by atoms with Gasteiger partial charge in [-0.05, 0) is 25.0 Å². The SMILES string of the molecule is CCOC(=O)c1cccnc1N(CCC(N)=S)CC(C)C.